The number of hydrogen-bond acceptors (Lipinski definition) is 10. The van der Waals surface area contributed by atoms with E-state index in [1.54, 1.807) is 6.08 Å². The van der Waals surface area contributed by atoms with Gasteiger partial charge >= 0.3 is 5.97 Å². The van der Waals surface area contributed by atoms with Crippen molar-refractivity contribution in [2.75, 3.05) is 13.2 Å². The fourth-order valence-corrected chi connectivity index (χ4v) is 9.28. The Morgan fingerprint density at radius 1 is 0.533 bits per heavy atom. The molecule has 0 aromatic heterocycles. The molecule has 0 radical (unpaired) electrons. The topological polar surface area (TPSA) is 175 Å². The zero-order valence-corrected chi connectivity index (χ0v) is 47.9. The van der Waals surface area contributed by atoms with E-state index in [9.17, 15) is 35.1 Å². The van der Waals surface area contributed by atoms with E-state index >= 15 is 0 Å². The van der Waals surface area contributed by atoms with E-state index in [1.807, 2.05) is 18.2 Å². The summed E-state index contributed by atoms with van der Waals surface area (Å²) in [6.07, 6.45) is 55.1. The molecular formula is C64H113NO10. The summed E-state index contributed by atoms with van der Waals surface area (Å²) in [4.78, 5) is 26.5. The van der Waals surface area contributed by atoms with Gasteiger partial charge in [0, 0.05) is 6.42 Å². The van der Waals surface area contributed by atoms with Crippen LogP contribution in [0.2, 0.25) is 0 Å². The van der Waals surface area contributed by atoms with Gasteiger partial charge in [0.1, 0.15) is 24.4 Å². The number of hydrogen-bond donors (Lipinski definition) is 6. The molecule has 8 atom stereocenters. The maximum atomic E-state index is 13.4. The van der Waals surface area contributed by atoms with E-state index in [1.165, 1.54) is 135 Å². The molecule has 0 spiro atoms. The number of nitrogens with one attached hydrogen (secondary N) is 1. The molecule has 0 bridgehead atoms. The first kappa shape index (κ1) is 70.1. The molecule has 1 fully saturated rings. The van der Waals surface area contributed by atoms with E-state index in [0.29, 0.717) is 19.3 Å². The molecule has 0 aromatic rings. The second kappa shape index (κ2) is 51.8. The van der Waals surface area contributed by atoms with Crippen LogP contribution in [0.1, 0.15) is 258 Å². The van der Waals surface area contributed by atoms with Gasteiger partial charge in [-0.15, -0.1) is 0 Å². The fraction of sp³-hybridized carbons (Fsp3) is 0.781. The molecule has 434 valence electrons. The first-order chi connectivity index (χ1) is 36.7. The molecule has 1 amide bonds. The van der Waals surface area contributed by atoms with Crippen LogP contribution in [-0.4, -0.2) is 99.6 Å². The van der Waals surface area contributed by atoms with Crippen molar-refractivity contribution >= 4 is 11.9 Å². The maximum absolute atomic E-state index is 13.4. The molecule has 8 unspecified atom stereocenters. The number of aliphatic hydroxyl groups is 5. The molecule has 11 nitrogen and oxygen atoms in total. The first-order valence-electron chi connectivity index (χ1n) is 30.7. The predicted octanol–water partition coefficient (Wildman–Crippen LogP) is 14.4. The summed E-state index contributed by atoms with van der Waals surface area (Å²) in [5.74, 6) is -1.25. The number of carbonyl (C=O) groups excluding carboxylic acids is 2. The highest BCUT2D eigenvalue weighted by atomic mass is 16.7. The number of amides is 1. The minimum absolute atomic E-state index is 0.0440. The number of ether oxygens (including phenoxy) is 3. The number of aliphatic hydroxyl groups excluding tert-OH is 5. The average molecular weight is 1060 g/mol. The highest BCUT2D eigenvalue weighted by Crippen LogP contribution is 2.26. The van der Waals surface area contributed by atoms with Gasteiger partial charge in [0.05, 0.1) is 25.4 Å². The molecule has 75 heavy (non-hydrogen) atoms. The van der Waals surface area contributed by atoms with E-state index in [-0.39, 0.29) is 19.4 Å². The lowest BCUT2D eigenvalue weighted by molar-refractivity contribution is -0.305. The first-order valence-corrected chi connectivity index (χ1v) is 30.7. The van der Waals surface area contributed by atoms with Gasteiger partial charge in [0.2, 0.25) is 5.91 Å². The molecule has 0 aliphatic carbocycles. The van der Waals surface area contributed by atoms with Crippen LogP contribution < -0.4 is 5.32 Å². The highest BCUT2D eigenvalue weighted by molar-refractivity contribution is 5.80. The summed E-state index contributed by atoms with van der Waals surface area (Å²) in [6.45, 7) is 5.65. The van der Waals surface area contributed by atoms with Crippen molar-refractivity contribution in [1.29, 1.82) is 0 Å². The van der Waals surface area contributed by atoms with Crippen LogP contribution in [0.15, 0.2) is 72.9 Å². The predicted molar refractivity (Wildman–Crippen MR) is 310 cm³/mol. The lowest BCUT2D eigenvalue weighted by Crippen LogP contribution is -2.61. The zero-order valence-electron chi connectivity index (χ0n) is 47.9. The Morgan fingerprint density at radius 3 is 1.43 bits per heavy atom. The Hall–Kier alpha value is -2.90. The van der Waals surface area contributed by atoms with E-state index in [0.717, 1.165) is 70.6 Å². The van der Waals surface area contributed by atoms with E-state index < -0.39 is 67.4 Å². The number of esters is 1. The monoisotopic (exact) mass is 1060 g/mol. The molecule has 1 heterocycles. The third-order valence-electron chi connectivity index (χ3n) is 14.1. The number of carbonyl (C=O) groups is 2. The van der Waals surface area contributed by atoms with Crippen LogP contribution in [0, 0.1) is 0 Å². The summed E-state index contributed by atoms with van der Waals surface area (Å²) in [5.41, 5.74) is 0. The van der Waals surface area contributed by atoms with E-state index in [2.05, 4.69) is 74.7 Å². The molecule has 11 heteroatoms. The molecule has 1 rings (SSSR count). The van der Waals surface area contributed by atoms with Gasteiger partial charge < -0.3 is 45.1 Å². The Labute approximate surface area is 458 Å². The molecule has 1 aliphatic rings. The fourth-order valence-electron chi connectivity index (χ4n) is 9.28. The van der Waals surface area contributed by atoms with Crippen LogP contribution >= 0.6 is 0 Å². The Morgan fingerprint density at radius 2 is 0.960 bits per heavy atom. The second-order valence-electron chi connectivity index (χ2n) is 21.1. The Balaban J connectivity index is 2.74. The summed E-state index contributed by atoms with van der Waals surface area (Å²) in [5, 5.41) is 56.9. The Kier molecular flexibility index (Phi) is 48.5. The number of unbranched alkanes of at least 4 members (excludes halogenated alkanes) is 27. The number of allylic oxidation sites excluding steroid dienone is 11. The normalized spacial score (nSPS) is 19.7. The summed E-state index contributed by atoms with van der Waals surface area (Å²) in [6, 6.07) is -1.04. The summed E-state index contributed by atoms with van der Waals surface area (Å²) < 4.78 is 17.6. The van der Waals surface area contributed by atoms with Crippen molar-refractivity contribution in [3.05, 3.63) is 72.9 Å². The van der Waals surface area contributed by atoms with E-state index in [4.69, 9.17) is 14.2 Å². The standard InChI is InChI=1S/C64H113NO10/c1-4-7-10-13-16-19-22-25-27-29-31-34-37-40-43-46-49-52-59(69)75-62-61(71)60(70)58(53-66)74-64(62)73-54-55(56(67)50-47-44-41-38-35-32-24-21-18-15-12-9-6-3)65-63(72)57(68)51-48-45-42-39-36-33-30-28-26-23-20-17-14-11-8-5-2/h7,10,16,19,25,27,31,34,40,43,47,50,55-58,60-62,64,66-68,70-71H,4-6,8-9,11-15,17-18,20-24,26,28-30,32-33,35-39,41-42,44-46,48-49,51-54H2,1-3H3,(H,65,72)/b10-7-,19-16-,27-25-,34-31-,43-40-,50-47+. The van der Waals surface area contributed by atoms with Crippen molar-refractivity contribution in [3.8, 4) is 0 Å². The molecule has 0 saturated carbocycles. The van der Waals surface area contributed by atoms with Crippen molar-refractivity contribution in [1.82, 2.24) is 5.32 Å². The molecule has 1 saturated heterocycles. The quantitative estimate of drug-likeness (QED) is 0.0195. The third kappa shape index (κ3) is 40.0. The van der Waals surface area contributed by atoms with Crippen molar-refractivity contribution < 1.29 is 49.3 Å². The van der Waals surface area contributed by atoms with Gasteiger partial charge in [0.15, 0.2) is 12.4 Å². The minimum atomic E-state index is -1.64. The lowest BCUT2D eigenvalue weighted by atomic mass is 9.99. The van der Waals surface area contributed by atoms with Crippen LogP contribution in [0.25, 0.3) is 0 Å². The maximum Gasteiger partial charge on any atom is 0.306 e. The number of rotatable bonds is 51. The highest BCUT2D eigenvalue weighted by Gasteiger charge is 2.47. The SMILES string of the molecule is CC/C=C\C/C=C\C/C=C\C/C=C\C/C=C\CCCC(=O)OC1C(OCC(NC(=O)C(O)CCCCCCCCCCCCCCCCCC)C(O)/C=C/CCCCCCCCCCCCC)OC(CO)C(O)C1O. The molecule has 1 aliphatic heterocycles. The third-order valence-corrected chi connectivity index (χ3v) is 14.1. The minimum Gasteiger partial charge on any atom is -0.454 e. The van der Waals surface area contributed by atoms with Gasteiger partial charge in [-0.1, -0.05) is 261 Å². The molecular weight excluding hydrogens is 943 g/mol. The lowest BCUT2D eigenvalue weighted by Gasteiger charge is -2.41. The van der Waals surface area contributed by atoms with Gasteiger partial charge in [-0.25, -0.2) is 0 Å². The van der Waals surface area contributed by atoms with Crippen LogP contribution in [-0.2, 0) is 23.8 Å². The molecule has 0 aromatic carbocycles. The molecule has 6 N–H and O–H groups in total. The van der Waals surface area contributed by atoms with Crippen molar-refractivity contribution in [2.24, 2.45) is 0 Å². The van der Waals surface area contributed by atoms with Gasteiger partial charge in [-0.05, 0) is 64.2 Å². The smallest absolute Gasteiger partial charge is 0.306 e. The van der Waals surface area contributed by atoms with Crippen LogP contribution in [0.4, 0.5) is 0 Å². The van der Waals surface area contributed by atoms with Crippen LogP contribution in [0.5, 0.6) is 0 Å². The van der Waals surface area contributed by atoms with Crippen molar-refractivity contribution in [3.63, 3.8) is 0 Å². The average Bonchev–Trinajstić information content (AvgIpc) is 3.41. The van der Waals surface area contributed by atoms with Gasteiger partial charge in [-0.2, -0.15) is 0 Å². The van der Waals surface area contributed by atoms with Gasteiger partial charge in [-0.3, -0.25) is 9.59 Å². The van der Waals surface area contributed by atoms with Gasteiger partial charge in [0.25, 0.3) is 0 Å². The Bertz CT molecular complexity index is 1490. The van der Waals surface area contributed by atoms with Crippen LogP contribution in [0.3, 0.4) is 0 Å². The second-order valence-corrected chi connectivity index (χ2v) is 21.1. The summed E-state index contributed by atoms with van der Waals surface area (Å²) in [7, 11) is 0. The summed E-state index contributed by atoms with van der Waals surface area (Å²) >= 11 is 0. The van der Waals surface area contributed by atoms with Crippen molar-refractivity contribution in [2.45, 2.75) is 307 Å². The largest absolute Gasteiger partial charge is 0.454 e. The zero-order chi connectivity index (χ0) is 54.7.